The molecule has 2 aliphatic rings. The average molecular weight is 324 g/mol. The van der Waals surface area contributed by atoms with E-state index in [1.165, 1.54) is 12.8 Å². The van der Waals surface area contributed by atoms with Crippen LogP contribution < -0.4 is 4.57 Å². The van der Waals surface area contributed by atoms with E-state index >= 15 is 0 Å². The molecule has 2 aliphatic carbocycles. The lowest BCUT2D eigenvalue weighted by Gasteiger charge is -2.38. The predicted octanol–water partition coefficient (Wildman–Crippen LogP) is 3.89. The molecule has 24 heavy (non-hydrogen) atoms. The molecule has 0 radical (unpaired) electrons. The molecule has 3 atom stereocenters. The van der Waals surface area contributed by atoms with Crippen molar-refractivity contribution in [2.75, 3.05) is 0 Å². The summed E-state index contributed by atoms with van der Waals surface area (Å²) in [5.41, 5.74) is 1.46. The van der Waals surface area contributed by atoms with Gasteiger partial charge in [-0.25, -0.2) is 4.79 Å². The number of hydrogen-bond acceptors (Lipinski definition) is 2. The van der Waals surface area contributed by atoms with Crippen LogP contribution in [-0.2, 0) is 16.1 Å². The highest BCUT2D eigenvalue weighted by Gasteiger charge is 2.62. The Hall–Kier alpha value is -1.90. The number of pyridine rings is 1. The normalized spacial score (nSPS) is 30.6. The van der Waals surface area contributed by atoms with Crippen LogP contribution in [0.5, 0.6) is 0 Å². The van der Waals surface area contributed by atoms with Crippen LogP contribution in [0.3, 0.4) is 0 Å². The summed E-state index contributed by atoms with van der Waals surface area (Å²) in [5, 5.41) is 1.14. The van der Waals surface area contributed by atoms with Gasteiger partial charge in [0.05, 0.1) is 0 Å². The average Bonchev–Trinajstić information content (AvgIpc) is 2.88. The first-order valence-corrected chi connectivity index (χ1v) is 8.98. The Kier molecular flexibility index (Phi) is 3.45. The number of para-hydroxylation sites is 1. The van der Waals surface area contributed by atoms with Crippen molar-refractivity contribution in [1.29, 1.82) is 0 Å². The molecule has 0 amide bonds. The zero-order valence-corrected chi connectivity index (χ0v) is 14.8. The van der Waals surface area contributed by atoms with Crippen molar-refractivity contribution >= 4 is 16.9 Å². The number of carbonyl (C=O) groups is 1. The van der Waals surface area contributed by atoms with Crippen LogP contribution in [0, 0.1) is 16.7 Å². The maximum Gasteiger partial charge on any atom is 0.372 e. The van der Waals surface area contributed by atoms with Crippen LogP contribution in [0.1, 0.15) is 40.0 Å². The second-order valence-corrected chi connectivity index (χ2v) is 8.28. The second-order valence-electron chi connectivity index (χ2n) is 8.28. The number of carbonyl (C=O) groups excluding carboxylic acids is 1. The number of hydrogen-bond donors (Lipinski definition) is 0. The van der Waals surface area contributed by atoms with Gasteiger partial charge in [-0.05, 0) is 42.7 Å². The fraction of sp³-hybridized carbons (Fsp3) is 0.524. The molecular formula is C21H26NO2+. The fourth-order valence-corrected chi connectivity index (χ4v) is 5.00. The lowest BCUT2D eigenvalue weighted by molar-refractivity contribution is -0.660. The molecule has 1 aromatic carbocycles. The highest BCUT2D eigenvalue weighted by Crippen LogP contribution is 2.66. The van der Waals surface area contributed by atoms with E-state index in [0.29, 0.717) is 5.92 Å². The Bertz CT molecular complexity index is 792. The summed E-state index contributed by atoms with van der Waals surface area (Å²) in [4.78, 5) is 12.6. The van der Waals surface area contributed by atoms with Gasteiger partial charge in [-0.15, -0.1) is 0 Å². The second kappa shape index (κ2) is 5.30. The molecule has 0 unspecified atom stereocenters. The van der Waals surface area contributed by atoms with Gasteiger partial charge >= 0.3 is 5.97 Å². The van der Waals surface area contributed by atoms with Gasteiger partial charge in [0.1, 0.15) is 6.10 Å². The molecule has 3 heteroatoms. The molecule has 0 saturated heterocycles. The smallest absolute Gasteiger partial charge is 0.372 e. The van der Waals surface area contributed by atoms with E-state index in [1.807, 2.05) is 35.0 Å². The van der Waals surface area contributed by atoms with Crippen molar-refractivity contribution in [1.82, 2.24) is 0 Å². The van der Waals surface area contributed by atoms with Gasteiger partial charge in [0.25, 0.3) is 0 Å². The van der Waals surface area contributed by atoms with Crippen LogP contribution in [-0.4, -0.2) is 12.1 Å². The van der Waals surface area contributed by atoms with Crippen LogP contribution >= 0.6 is 0 Å². The summed E-state index contributed by atoms with van der Waals surface area (Å²) in [6.07, 6.45) is 5.49. The first kappa shape index (κ1) is 15.6. The summed E-state index contributed by atoms with van der Waals surface area (Å²) >= 11 is 0. The number of fused-ring (bicyclic) bond motifs is 3. The number of benzene rings is 1. The van der Waals surface area contributed by atoms with Gasteiger partial charge in [-0.3, -0.25) is 0 Å². The first-order chi connectivity index (χ1) is 11.4. The minimum atomic E-state index is -0.120. The number of esters is 1. The van der Waals surface area contributed by atoms with Gasteiger partial charge in [0.15, 0.2) is 6.20 Å². The maximum absolute atomic E-state index is 12.6. The summed E-state index contributed by atoms with van der Waals surface area (Å²) in [6, 6.07) is 12.2. The molecule has 2 fully saturated rings. The van der Waals surface area contributed by atoms with E-state index < -0.39 is 0 Å². The standard InChI is InChI=1S/C21H26NO2/c1-20(2)16-10-11-21(20,3)18(13-16)24-19(23)14-22-12-6-8-15-7-4-5-9-17(15)22/h4-9,12,16,18H,10-11,13-14H2,1-3H3/q+1/t16-,18-,21+/m1/s1. The minimum absolute atomic E-state index is 0.0642. The summed E-state index contributed by atoms with van der Waals surface area (Å²) < 4.78 is 7.96. The fourth-order valence-electron chi connectivity index (χ4n) is 5.00. The first-order valence-electron chi connectivity index (χ1n) is 8.98. The largest absolute Gasteiger partial charge is 0.457 e. The van der Waals surface area contributed by atoms with E-state index in [1.54, 1.807) is 0 Å². The molecule has 2 saturated carbocycles. The van der Waals surface area contributed by atoms with Gasteiger partial charge in [0.2, 0.25) is 12.1 Å². The number of nitrogens with zero attached hydrogens (tertiary/aromatic N) is 1. The monoisotopic (exact) mass is 324 g/mol. The number of ether oxygens (including phenoxy) is 1. The third-order valence-corrected chi connectivity index (χ3v) is 7.08. The SMILES string of the molecule is CC1(C)[C@@H]2CC[C@@]1(C)[C@H](OC(=O)C[n+]1cccc3ccccc31)C2. The van der Waals surface area contributed by atoms with Gasteiger partial charge in [-0.2, -0.15) is 4.57 Å². The zero-order valence-electron chi connectivity index (χ0n) is 14.8. The highest BCUT2D eigenvalue weighted by molar-refractivity contribution is 5.76. The molecule has 3 nitrogen and oxygen atoms in total. The zero-order chi connectivity index (χ0) is 16.9. The van der Waals surface area contributed by atoms with Crippen molar-refractivity contribution in [3.05, 3.63) is 42.6 Å². The van der Waals surface area contributed by atoms with Crippen molar-refractivity contribution in [2.45, 2.75) is 52.7 Å². The maximum atomic E-state index is 12.6. The third-order valence-electron chi connectivity index (χ3n) is 7.08. The molecule has 4 rings (SSSR count). The molecule has 2 bridgehead atoms. The lowest BCUT2D eigenvalue weighted by Crippen LogP contribution is -2.43. The molecular weight excluding hydrogens is 298 g/mol. The van der Waals surface area contributed by atoms with Gasteiger partial charge < -0.3 is 4.74 Å². The lowest BCUT2D eigenvalue weighted by atomic mass is 9.70. The molecule has 0 aliphatic heterocycles. The van der Waals surface area contributed by atoms with E-state index in [2.05, 4.69) is 32.9 Å². The number of aromatic nitrogens is 1. The van der Waals surface area contributed by atoms with Crippen molar-refractivity contribution in [2.24, 2.45) is 16.7 Å². The van der Waals surface area contributed by atoms with E-state index in [9.17, 15) is 4.79 Å². The Balaban J connectivity index is 1.52. The minimum Gasteiger partial charge on any atom is -0.457 e. The molecule has 126 valence electrons. The molecule has 1 heterocycles. The van der Waals surface area contributed by atoms with E-state index in [4.69, 9.17) is 4.74 Å². The van der Waals surface area contributed by atoms with Crippen LogP contribution in [0.2, 0.25) is 0 Å². The third kappa shape index (κ3) is 2.17. The molecule has 1 aromatic heterocycles. The Morgan fingerprint density at radius 3 is 2.67 bits per heavy atom. The molecule has 2 aromatic rings. The van der Waals surface area contributed by atoms with E-state index in [-0.39, 0.29) is 29.4 Å². The van der Waals surface area contributed by atoms with E-state index in [0.717, 1.165) is 17.3 Å². The van der Waals surface area contributed by atoms with Crippen molar-refractivity contribution < 1.29 is 14.1 Å². The Morgan fingerprint density at radius 1 is 1.21 bits per heavy atom. The highest BCUT2D eigenvalue weighted by atomic mass is 16.5. The Morgan fingerprint density at radius 2 is 1.96 bits per heavy atom. The van der Waals surface area contributed by atoms with Crippen LogP contribution in [0.25, 0.3) is 10.9 Å². The molecule has 0 spiro atoms. The predicted molar refractivity (Wildman–Crippen MR) is 93.3 cm³/mol. The van der Waals surface area contributed by atoms with Crippen molar-refractivity contribution in [3.8, 4) is 0 Å². The Labute approximate surface area is 143 Å². The van der Waals surface area contributed by atoms with Crippen LogP contribution in [0.15, 0.2) is 42.6 Å². The van der Waals surface area contributed by atoms with Gasteiger partial charge in [0, 0.05) is 22.9 Å². The van der Waals surface area contributed by atoms with Gasteiger partial charge in [-0.1, -0.05) is 32.9 Å². The van der Waals surface area contributed by atoms with Crippen molar-refractivity contribution in [3.63, 3.8) is 0 Å². The summed E-state index contributed by atoms with van der Waals surface area (Å²) in [7, 11) is 0. The molecule has 0 N–H and O–H groups in total. The quantitative estimate of drug-likeness (QED) is 0.633. The summed E-state index contributed by atoms with van der Waals surface area (Å²) in [5.74, 6) is 0.566. The summed E-state index contributed by atoms with van der Waals surface area (Å²) in [6.45, 7) is 7.28. The topological polar surface area (TPSA) is 30.2 Å². The van der Waals surface area contributed by atoms with Crippen LogP contribution in [0.4, 0.5) is 0 Å². The number of rotatable bonds is 3.